The lowest BCUT2D eigenvalue weighted by atomic mass is 10.00. The van der Waals surface area contributed by atoms with Gasteiger partial charge in [-0.15, -0.1) is 0 Å². The smallest absolute Gasteiger partial charge is 0.184 e. The van der Waals surface area contributed by atoms with E-state index < -0.39 is 68.3 Å². The van der Waals surface area contributed by atoms with Gasteiger partial charge in [0.1, 0.15) is 42.7 Å². The lowest BCUT2D eigenvalue weighted by Gasteiger charge is -2.37. The highest BCUT2D eigenvalue weighted by atomic mass is 16.6. The summed E-state index contributed by atoms with van der Waals surface area (Å²) in [5.74, 6) is 0. The fraction of sp³-hybridized carbons (Fsp3) is 1.00. The van der Waals surface area contributed by atoms with Crippen molar-refractivity contribution in [3.63, 3.8) is 0 Å². The summed E-state index contributed by atoms with van der Waals surface area (Å²) in [7, 11) is 0. The van der Waals surface area contributed by atoms with Gasteiger partial charge in [-0.3, -0.25) is 0 Å². The van der Waals surface area contributed by atoms with Crippen LogP contribution in [0.1, 0.15) is 0 Å². The average Bonchev–Trinajstić information content (AvgIpc) is 2.60. The van der Waals surface area contributed by atoms with Crippen LogP contribution in [0.25, 0.3) is 0 Å². The Kier molecular flexibility index (Phi) is 11.0. The summed E-state index contributed by atoms with van der Waals surface area (Å²) in [6.45, 7) is -1.44. The number of ether oxygens (including phenoxy) is 1. The Bertz CT molecular complexity index is 313. The SMILES string of the molecule is NC[C@H](O)[C@@H](O)[C@H](O)[C@H](O)CO.OCC1O[C@H](O)C(O)[C@H](O)[C@@H]1O. The summed E-state index contributed by atoms with van der Waals surface area (Å²) in [5, 5.41) is 88.8. The first-order valence-corrected chi connectivity index (χ1v) is 7.14. The number of hydrogen-bond acceptors (Lipinski definition) is 12. The zero-order valence-corrected chi connectivity index (χ0v) is 12.8. The van der Waals surface area contributed by atoms with Gasteiger partial charge < -0.3 is 61.5 Å². The summed E-state index contributed by atoms with van der Waals surface area (Å²) in [5.41, 5.74) is 4.99. The molecule has 12 N–H and O–H groups in total. The fourth-order valence-corrected chi connectivity index (χ4v) is 1.78. The van der Waals surface area contributed by atoms with Crippen LogP contribution in [0.5, 0.6) is 0 Å². The third-order valence-electron chi connectivity index (χ3n) is 3.43. The van der Waals surface area contributed by atoms with Crippen molar-refractivity contribution >= 4 is 0 Å². The van der Waals surface area contributed by atoms with Crippen LogP contribution >= 0.6 is 0 Å². The normalized spacial score (nSPS) is 35.4. The van der Waals surface area contributed by atoms with Crippen LogP contribution in [0.2, 0.25) is 0 Å². The highest BCUT2D eigenvalue weighted by Gasteiger charge is 2.42. The van der Waals surface area contributed by atoms with E-state index in [4.69, 9.17) is 56.8 Å². The van der Waals surface area contributed by atoms with E-state index in [1.807, 2.05) is 0 Å². The third kappa shape index (κ3) is 6.44. The molecule has 0 aromatic heterocycles. The first kappa shape index (κ1) is 23.5. The maximum atomic E-state index is 9.12. The van der Waals surface area contributed by atoms with Crippen LogP contribution in [-0.4, -0.2) is 126 Å². The lowest BCUT2D eigenvalue weighted by Crippen LogP contribution is -2.58. The van der Waals surface area contributed by atoms with Crippen molar-refractivity contribution in [2.24, 2.45) is 5.73 Å². The average molecular weight is 361 g/mol. The molecule has 0 aromatic rings. The zero-order chi connectivity index (χ0) is 19.0. The second-order valence-corrected chi connectivity index (χ2v) is 5.25. The molecule has 1 heterocycles. The highest BCUT2D eigenvalue weighted by molar-refractivity contribution is 4.88. The van der Waals surface area contributed by atoms with Gasteiger partial charge in [0.15, 0.2) is 6.29 Å². The second-order valence-electron chi connectivity index (χ2n) is 5.25. The van der Waals surface area contributed by atoms with E-state index in [0.717, 1.165) is 0 Å². The second kappa shape index (κ2) is 11.2. The van der Waals surface area contributed by atoms with Crippen molar-refractivity contribution in [1.29, 1.82) is 0 Å². The van der Waals surface area contributed by atoms with Crippen molar-refractivity contribution in [1.82, 2.24) is 0 Å². The molecule has 0 aromatic carbocycles. The van der Waals surface area contributed by atoms with E-state index in [1.165, 1.54) is 0 Å². The lowest BCUT2D eigenvalue weighted by molar-refractivity contribution is -0.286. The molecule has 12 nitrogen and oxygen atoms in total. The van der Waals surface area contributed by atoms with Gasteiger partial charge in [0.05, 0.1) is 19.3 Å². The predicted molar refractivity (Wildman–Crippen MR) is 76.2 cm³/mol. The molecule has 1 saturated heterocycles. The Hall–Kier alpha value is -0.480. The maximum absolute atomic E-state index is 9.12. The van der Waals surface area contributed by atoms with Crippen molar-refractivity contribution in [2.45, 2.75) is 55.1 Å². The number of hydrogen-bond donors (Lipinski definition) is 11. The Morgan fingerprint density at radius 1 is 0.792 bits per heavy atom. The van der Waals surface area contributed by atoms with Crippen molar-refractivity contribution in [3.05, 3.63) is 0 Å². The van der Waals surface area contributed by atoms with Gasteiger partial charge in [-0.05, 0) is 0 Å². The van der Waals surface area contributed by atoms with Crippen molar-refractivity contribution in [2.75, 3.05) is 19.8 Å². The van der Waals surface area contributed by atoms with Crippen LogP contribution < -0.4 is 5.73 Å². The number of nitrogens with two attached hydrogens (primary N) is 1. The molecule has 1 aliphatic heterocycles. The van der Waals surface area contributed by atoms with E-state index in [2.05, 4.69) is 4.74 Å². The zero-order valence-electron chi connectivity index (χ0n) is 12.8. The summed E-state index contributed by atoms with van der Waals surface area (Å²) < 4.78 is 4.58. The van der Waals surface area contributed by atoms with E-state index in [1.54, 1.807) is 0 Å². The van der Waals surface area contributed by atoms with Gasteiger partial charge in [0.2, 0.25) is 0 Å². The van der Waals surface area contributed by atoms with Gasteiger partial charge in [0.25, 0.3) is 0 Å². The van der Waals surface area contributed by atoms with Gasteiger partial charge in [-0.1, -0.05) is 0 Å². The quantitative estimate of drug-likeness (QED) is 0.211. The minimum atomic E-state index is -1.59. The van der Waals surface area contributed by atoms with Crippen molar-refractivity contribution < 1.29 is 55.8 Å². The summed E-state index contributed by atoms with van der Waals surface area (Å²) >= 11 is 0. The van der Waals surface area contributed by atoms with E-state index >= 15 is 0 Å². The molecule has 24 heavy (non-hydrogen) atoms. The number of aliphatic hydroxyl groups excluding tert-OH is 10. The standard InChI is InChI=1S/C6H15NO5.C6H12O6/c7-1-3(9)5(11)6(12)4(10)2-8;7-1-2-3(8)4(9)5(10)6(11)12-2/h3-6,8-12H,1-2,7H2;2-11H,1H2/t3-,4+,5+,6+;2?,3-,4-,5?,6+/m01/s1. The molecule has 0 saturated carbocycles. The summed E-state index contributed by atoms with van der Waals surface area (Å²) in [6.07, 6.45) is -12.9. The first-order valence-electron chi connectivity index (χ1n) is 7.14. The molecule has 1 rings (SSSR count). The van der Waals surface area contributed by atoms with E-state index in [-0.39, 0.29) is 6.54 Å². The minimum absolute atomic E-state index is 0.226. The Labute approximate surface area is 137 Å². The van der Waals surface area contributed by atoms with Gasteiger partial charge in [-0.25, -0.2) is 0 Å². The molecule has 1 aliphatic rings. The molecule has 2 unspecified atom stereocenters. The first-order chi connectivity index (χ1) is 11.1. The number of rotatable bonds is 6. The van der Waals surface area contributed by atoms with Gasteiger partial charge >= 0.3 is 0 Å². The molecule has 9 atom stereocenters. The molecule has 12 heteroatoms. The van der Waals surface area contributed by atoms with Crippen LogP contribution in [0.3, 0.4) is 0 Å². The minimum Gasteiger partial charge on any atom is -0.394 e. The molecule has 0 spiro atoms. The third-order valence-corrected chi connectivity index (χ3v) is 3.43. The van der Waals surface area contributed by atoms with E-state index in [9.17, 15) is 0 Å². The molecule has 0 bridgehead atoms. The van der Waals surface area contributed by atoms with Crippen LogP contribution in [0.15, 0.2) is 0 Å². The largest absolute Gasteiger partial charge is 0.394 e. The molecule has 0 radical (unpaired) electrons. The van der Waals surface area contributed by atoms with Crippen LogP contribution in [0.4, 0.5) is 0 Å². The van der Waals surface area contributed by atoms with Crippen molar-refractivity contribution in [3.8, 4) is 0 Å². The molecule has 0 aliphatic carbocycles. The molecular formula is C12H27NO11. The summed E-state index contributed by atoms with van der Waals surface area (Å²) in [6, 6.07) is 0. The number of aliphatic hydroxyl groups is 10. The van der Waals surface area contributed by atoms with Gasteiger partial charge in [0, 0.05) is 6.54 Å². The summed E-state index contributed by atoms with van der Waals surface area (Å²) in [4.78, 5) is 0. The monoisotopic (exact) mass is 361 g/mol. The fourth-order valence-electron chi connectivity index (χ4n) is 1.78. The topological polar surface area (TPSA) is 238 Å². The maximum Gasteiger partial charge on any atom is 0.184 e. The Morgan fingerprint density at radius 3 is 1.71 bits per heavy atom. The molecule has 146 valence electrons. The van der Waals surface area contributed by atoms with E-state index in [0.29, 0.717) is 0 Å². The molecule has 0 amide bonds. The van der Waals surface area contributed by atoms with Crippen LogP contribution in [-0.2, 0) is 4.74 Å². The predicted octanol–water partition coefficient (Wildman–Crippen LogP) is -6.84. The van der Waals surface area contributed by atoms with Gasteiger partial charge in [-0.2, -0.15) is 0 Å². The Balaban J connectivity index is 0.000000441. The molecule has 1 fully saturated rings. The highest BCUT2D eigenvalue weighted by Crippen LogP contribution is 2.19. The molecular weight excluding hydrogens is 334 g/mol. The van der Waals surface area contributed by atoms with Crippen LogP contribution in [0, 0.1) is 0 Å². The Morgan fingerprint density at radius 2 is 1.29 bits per heavy atom.